The number of fused-ring (bicyclic) bond motifs is 1. The Labute approximate surface area is 242 Å². The maximum atomic E-state index is 12.7. The van der Waals surface area contributed by atoms with Gasteiger partial charge in [-0.15, -0.1) is 0 Å². The molecule has 8 heteroatoms. The van der Waals surface area contributed by atoms with Gasteiger partial charge in [-0.1, -0.05) is 48.5 Å². The molecule has 216 valence electrons. The van der Waals surface area contributed by atoms with Gasteiger partial charge in [0, 0.05) is 38.8 Å². The maximum Gasteiger partial charge on any atom is 0.410 e. The zero-order valence-electron chi connectivity index (χ0n) is 24.0. The molecule has 1 heterocycles. The molecule has 1 saturated carbocycles. The number of anilines is 2. The van der Waals surface area contributed by atoms with E-state index in [-0.39, 0.29) is 30.7 Å². The van der Waals surface area contributed by atoms with Gasteiger partial charge in [-0.3, -0.25) is 4.79 Å². The van der Waals surface area contributed by atoms with Crippen molar-refractivity contribution in [1.29, 1.82) is 0 Å². The van der Waals surface area contributed by atoms with Crippen molar-refractivity contribution < 1.29 is 19.1 Å². The number of carbonyl (C=O) groups is 2. The molecule has 0 bridgehead atoms. The van der Waals surface area contributed by atoms with Crippen LogP contribution in [-0.2, 0) is 33.8 Å². The highest BCUT2D eigenvalue weighted by Crippen LogP contribution is 2.35. The van der Waals surface area contributed by atoms with E-state index >= 15 is 0 Å². The second-order valence-corrected chi connectivity index (χ2v) is 11.0. The largest absolute Gasteiger partial charge is 0.453 e. The summed E-state index contributed by atoms with van der Waals surface area (Å²) in [6, 6.07) is 23.3. The lowest BCUT2D eigenvalue weighted by Gasteiger charge is -2.35. The Morgan fingerprint density at radius 2 is 1.71 bits per heavy atom. The fraction of sp³-hybridized carbons (Fsp3) is 0.394. The number of ether oxygens (including phenoxy) is 2. The molecule has 0 spiro atoms. The Morgan fingerprint density at radius 1 is 0.951 bits per heavy atom. The Bertz CT molecular complexity index is 1370. The molecule has 3 aromatic rings. The highest BCUT2D eigenvalue weighted by molar-refractivity contribution is 5.96. The van der Waals surface area contributed by atoms with Crippen LogP contribution >= 0.6 is 0 Å². The minimum Gasteiger partial charge on any atom is -0.453 e. The van der Waals surface area contributed by atoms with Crippen molar-refractivity contribution in [3.05, 3.63) is 83.4 Å². The average Bonchev–Trinajstić information content (AvgIpc) is 3.00. The van der Waals surface area contributed by atoms with Crippen LogP contribution in [0.2, 0.25) is 0 Å². The molecule has 3 N–H and O–H groups in total. The van der Waals surface area contributed by atoms with E-state index in [1.807, 2.05) is 23.1 Å². The quantitative estimate of drug-likeness (QED) is 0.389. The van der Waals surface area contributed by atoms with E-state index in [0.717, 1.165) is 73.3 Å². The van der Waals surface area contributed by atoms with Gasteiger partial charge in [0.2, 0.25) is 5.91 Å². The van der Waals surface area contributed by atoms with Crippen LogP contribution in [0.15, 0.2) is 66.7 Å². The molecule has 0 aromatic heterocycles. The summed E-state index contributed by atoms with van der Waals surface area (Å²) in [4.78, 5) is 29.5. The summed E-state index contributed by atoms with van der Waals surface area (Å²) in [7, 11) is 2.95. The molecule has 1 aliphatic carbocycles. The monoisotopic (exact) mass is 556 g/mol. The summed E-state index contributed by atoms with van der Waals surface area (Å²) in [6.45, 7) is 2.10. The third-order valence-electron chi connectivity index (χ3n) is 8.22. The minimum absolute atomic E-state index is 0.0164. The van der Waals surface area contributed by atoms with Crippen molar-refractivity contribution in [2.75, 3.05) is 37.6 Å². The molecule has 3 aromatic carbocycles. The first-order valence-electron chi connectivity index (χ1n) is 14.4. The lowest BCUT2D eigenvalue weighted by Crippen LogP contribution is -2.43. The number of carbonyl (C=O) groups excluding carboxylic acids is 2. The third-order valence-corrected chi connectivity index (χ3v) is 8.22. The van der Waals surface area contributed by atoms with Crippen molar-refractivity contribution in [2.45, 2.75) is 57.3 Å². The number of nitrogens with zero attached hydrogens (tertiary/aromatic N) is 2. The van der Waals surface area contributed by atoms with E-state index in [1.54, 1.807) is 0 Å². The molecule has 0 radical (unpaired) electrons. The molecule has 0 atom stereocenters. The number of rotatable bonds is 8. The van der Waals surface area contributed by atoms with Gasteiger partial charge in [0.1, 0.15) is 6.61 Å². The molecular formula is C33H40N4O4. The van der Waals surface area contributed by atoms with Crippen molar-refractivity contribution in [1.82, 2.24) is 4.90 Å². The molecule has 0 saturated heterocycles. The molecule has 2 aliphatic rings. The first kappa shape index (κ1) is 28.6. The molecule has 2 amide bonds. The number of amides is 2. The molecular weight excluding hydrogens is 516 g/mol. The Morgan fingerprint density at radius 3 is 2.46 bits per heavy atom. The standard InChI is InChI=1S/C33H40N4O4/c1-40-22-32(38)35-30-19-26(10-15-31(30)36-17-16-24-7-3-4-8-27(24)21-36)25-9-5-6-23(18-25)20-37(33(39)41-2)29-13-11-28(34)12-14-29/h3-10,15,18-19,28-29H,11-14,16-17,20-22,34H2,1-2H3,(H,35,38). The van der Waals surface area contributed by atoms with Crippen LogP contribution in [0.5, 0.6) is 0 Å². The number of hydrogen-bond acceptors (Lipinski definition) is 6. The Hall–Kier alpha value is -3.88. The van der Waals surface area contributed by atoms with Crippen molar-refractivity contribution in [2.24, 2.45) is 5.73 Å². The van der Waals surface area contributed by atoms with E-state index in [9.17, 15) is 9.59 Å². The zero-order valence-corrected chi connectivity index (χ0v) is 24.0. The first-order valence-corrected chi connectivity index (χ1v) is 14.4. The predicted molar refractivity (Wildman–Crippen MR) is 162 cm³/mol. The number of nitrogens with one attached hydrogen (secondary N) is 1. The normalized spacial score (nSPS) is 18.4. The maximum absolute atomic E-state index is 12.7. The molecule has 41 heavy (non-hydrogen) atoms. The van der Waals surface area contributed by atoms with Gasteiger partial charge in [0.15, 0.2) is 0 Å². The van der Waals surface area contributed by atoms with Gasteiger partial charge in [-0.2, -0.15) is 0 Å². The van der Waals surface area contributed by atoms with Crippen LogP contribution in [0.1, 0.15) is 42.4 Å². The number of benzene rings is 3. The summed E-state index contributed by atoms with van der Waals surface area (Å²) in [5, 5.41) is 3.07. The van der Waals surface area contributed by atoms with Crippen LogP contribution in [0.3, 0.4) is 0 Å². The van der Waals surface area contributed by atoms with E-state index in [1.165, 1.54) is 25.3 Å². The van der Waals surface area contributed by atoms with Gasteiger partial charge >= 0.3 is 6.09 Å². The van der Waals surface area contributed by atoms with Crippen molar-refractivity contribution in [3.63, 3.8) is 0 Å². The average molecular weight is 557 g/mol. The Kier molecular flexibility index (Phi) is 9.21. The number of hydrogen-bond donors (Lipinski definition) is 2. The van der Waals surface area contributed by atoms with Gasteiger partial charge in [-0.05, 0) is 78.1 Å². The van der Waals surface area contributed by atoms with Gasteiger partial charge < -0.3 is 30.3 Å². The zero-order chi connectivity index (χ0) is 28.8. The number of methoxy groups -OCH3 is 2. The topological polar surface area (TPSA) is 97.1 Å². The smallest absolute Gasteiger partial charge is 0.410 e. The lowest BCUT2D eigenvalue weighted by molar-refractivity contribution is -0.119. The molecule has 0 unspecified atom stereocenters. The fourth-order valence-corrected chi connectivity index (χ4v) is 6.03. The van der Waals surface area contributed by atoms with E-state index in [0.29, 0.717) is 6.54 Å². The van der Waals surface area contributed by atoms with Crippen LogP contribution < -0.4 is 16.0 Å². The van der Waals surface area contributed by atoms with E-state index in [4.69, 9.17) is 15.2 Å². The van der Waals surface area contributed by atoms with Gasteiger partial charge in [-0.25, -0.2) is 4.79 Å². The molecule has 1 aliphatic heterocycles. The highest BCUT2D eigenvalue weighted by atomic mass is 16.5. The van der Waals surface area contributed by atoms with E-state index in [2.05, 4.69) is 58.7 Å². The summed E-state index contributed by atoms with van der Waals surface area (Å²) in [6.07, 6.45) is 4.21. The third kappa shape index (κ3) is 6.89. The van der Waals surface area contributed by atoms with Gasteiger partial charge in [0.05, 0.1) is 18.5 Å². The summed E-state index contributed by atoms with van der Waals surface area (Å²) < 4.78 is 10.2. The first-order chi connectivity index (χ1) is 19.9. The van der Waals surface area contributed by atoms with Crippen molar-refractivity contribution in [3.8, 4) is 11.1 Å². The van der Waals surface area contributed by atoms with Crippen molar-refractivity contribution >= 4 is 23.4 Å². The minimum atomic E-state index is -0.313. The number of nitrogens with two attached hydrogens (primary N) is 1. The van der Waals surface area contributed by atoms with Crippen LogP contribution in [-0.4, -0.2) is 56.4 Å². The molecule has 5 rings (SSSR count). The van der Waals surface area contributed by atoms with E-state index < -0.39 is 0 Å². The molecule has 8 nitrogen and oxygen atoms in total. The van der Waals surface area contributed by atoms with Crippen LogP contribution in [0.25, 0.3) is 11.1 Å². The van der Waals surface area contributed by atoms with Gasteiger partial charge in [0.25, 0.3) is 0 Å². The van der Waals surface area contributed by atoms with Crippen LogP contribution in [0.4, 0.5) is 16.2 Å². The predicted octanol–water partition coefficient (Wildman–Crippen LogP) is 5.34. The summed E-state index contributed by atoms with van der Waals surface area (Å²) >= 11 is 0. The SMILES string of the molecule is COCC(=O)Nc1cc(-c2cccc(CN(C(=O)OC)C3CCC(N)CC3)c2)ccc1N1CCc2ccccc2C1. The van der Waals surface area contributed by atoms with Crippen LogP contribution in [0, 0.1) is 0 Å². The lowest BCUT2D eigenvalue weighted by atomic mass is 9.90. The summed E-state index contributed by atoms with van der Waals surface area (Å²) in [5.74, 6) is -0.196. The second-order valence-electron chi connectivity index (χ2n) is 11.0. The Balaban J connectivity index is 1.41. The fourth-order valence-electron chi connectivity index (χ4n) is 6.03. The molecule has 1 fully saturated rings. The highest BCUT2D eigenvalue weighted by Gasteiger charge is 2.28. The second kappa shape index (κ2) is 13.2. The summed E-state index contributed by atoms with van der Waals surface area (Å²) in [5.41, 5.74) is 13.5.